The zero-order chi connectivity index (χ0) is 18.0. The van der Waals surface area contributed by atoms with Crippen molar-refractivity contribution in [2.45, 2.75) is 12.8 Å². The molecule has 0 fully saturated rings. The zero-order valence-electron chi connectivity index (χ0n) is 15.1. The van der Waals surface area contributed by atoms with Gasteiger partial charge in [-0.1, -0.05) is 18.2 Å². The summed E-state index contributed by atoms with van der Waals surface area (Å²) in [5, 5.41) is 8.03. The second kappa shape index (κ2) is 9.68. The van der Waals surface area contributed by atoms with Crippen LogP contribution >= 0.6 is 0 Å². The number of nitrogens with one attached hydrogen (secondary N) is 3. The van der Waals surface area contributed by atoms with E-state index in [2.05, 4.69) is 45.0 Å². The van der Waals surface area contributed by atoms with E-state index in [1.54, 1.807) is 13.4 Å². The van der Waals surface area contributed by atoms with Gasteiger partial charge in [-0.15, -0.1) is 0 Å². The largest absolute Gasteiger partial charge is 0.469 e. The number of nitrogens with zero attached hydrogens (tertiary/aromatic N) is 1. The molecule has 2 aromatic heterocycles. The van der Waals surface area contributed by atoms with E-state index in [0.29, 0.717) is 13.2 Å². The Labute approximate surface area is 153 Å². The van der Waals surface area contributed by atoms with Crippen LogP contribution in [-0.4, -0.2) is 44.3 Å². The summed E-state index contributed by atoms with van der Waals surface area (Å²) in [6.07, 6.45) is 5.52. The Morgan fingerprint density at radius 3 is 2.77 bits per heavy atom. The Morgan fingerprint density at radius 2 is 1.96 bits per heavy atom. The third-order valence-electron chi connectivity index (χ3n) is 4.17. The molecule has 26 heavy (non-hydrogen) atoms. The van der Waals surface area contributed by atoms with E-state index >= 15 is 0 Å². The highest BCUT2D eigenvalue weighted by Gasteiger charge is 2.04. The first-order valence-electron chi connectivity index (χ1n) is 8.95. The Kier molecular flexibility index (Phi) is 6.73. The van der Waals surface area contributed by atoms with Crippen LogP contribution in [0.25, 0.3) is 10.9 Å². The van der Waals surface area contributed by atoms with E-state index in [-0.39, 0.29) is 0 Å². The molecule has 1 aromatic carbocycles. The number of aliphatic imine (C=N–C) groups is 1. The van der Waals surface area contributed by atoms with Crippen LogP contribution in [0.2, 0.25) is 0 Å². The Bertz CT molecular complexity index is 808. The molecule has 0 saturated heterocycles. The fourth-order valence-electron chi connectivity index (χ4n) is 2.84. The molecule has 0 unspecified atom stereocenters. The van der Waals surface area contributed by atoms with Gasteiger partial charge in [-0.3, -0.25) is 4.99 Å². The van der Waals surface area contributed by atoms with E-state index in [1.807, 2.05) is 18.2 Å². The molecule has 0 bridgehead atoms. The van der Waals surface area contributed by atoms with Gasteiger partial charge in [0.1, 0.15) is 5.76 Å². The van der Waals surface area contributed by atoms with Crippen LogP contribution in [0.4, 0.5) is 0 Å². The molecule has 138 valence electrons. The molecule has 0 aliphatic carbocycles. The molecule has 0 atom stereocenters. The molecule has 2 heterocycles. The maximum atomic E-state index is 5.36. The lowest BCUT2D eigenvalue weighted by molar-refractivity contribution is 0.208. The van der Waals surface area contributed by atoms with Crippen LogP contribution in [0, 0.1) is 0 Å². The first-order valence-corrected chi connectivity index (χ1v) is 8.95. The maximum Gasteiger partial charge on any atom is 0.191 e. The molecule has 3 N–H and O–H groups in total. The summed E-state index contributed by atoms with van der Waals surface area (Å²) in [5.41, 5.74) is 2.48. The topological polar surface area (TPSA) is 74.6 Å². The number of aromatic nitrogens is 1. The summed E-state index contributed by atoms with van der Waals surface area (Å²) >= 11 is 0. The van der Waals surface area contributed by atoms with Gasteiger partial charge in [0.15, 0.2) is 5.96 Å². The van der Waals surface area contributed by atoms with Crippen LogP contribution in [0.15, 0.2) is 58.3 Å². The van der Waals surface area contributed by atoms with E-state index in [1.165, 1.54) is 16.5 Å². The minimum atomic E-state index is 0.605. The fourth-order valence-corrected chi connectivity index (χ4v) is 2.84. The predicted molar refractivity (Wildman–Crippen MR) is 105 cm³/mol. The molecule has 0 aliphatic heterocycles. The first-order chi connectivity index (χ1) is 12.9. The van der Waals surface area contributed by atoms with Crippen molar-refractivity contribution in [2.75, 3.05) is 33.4 Å². The fraction of sp³-hybridized carbons (Fsp3) is 0.350. The minimum absolute atomic E-state index is 0.605. The second-order valence-corrected chi connectivity index (χ2v) is 6.02. The highest BCUT2D eigenvalue weighted by molar-refractivity contribution is 5.83. The number of guanidine groups is 1. The lowest BCUT2D eigenvalue weighted by atomic mass is 10.1. The molecule has 0 amide bonds. The highest BCUT2D eigenvalue weighted by Crippen LogP contribution is 2.17. The van der Waals surface area contributed by atoms with Crippen molar-refractivity contribution in [1.29, 1.82) is 0 Å². The van der Waals surface area contributed by atoms with Crippen LogP contribution in [-0.2, 0) is 17.6 Å². The summed E-state index contributed by atoms with van der Waals surface area (Å²) in [6, 6.07) is 12.2. The van der Waals surface area contributed by atoms with E-state index in [9.17, 15) is 0 Å². The molecular formula is C20H26N4O2. The number of hydrogen-bond donors (Lipinski definition) is 3. The number of para-hydroxylation sites is 1. The smallest absolute Gasteiger partial charge is 0.191 e. The van der Waals surface area contributed by atoms with Gasteiger partial charge in [-0.05, 0) is 30.2 Å². The number of H-pyrrole nitrogens is 1. The number of benzene rings is 1. The maximum absolute atomic E-state index is 5.36. The number of fused-ring (bicyclic) bond motifs is 1. The van der Waals surface area contributed by atoms with Crippen LogP contribution in [0.1, 0.15) is 11.3 Å². The minimum Gasteiger partial charge on any atom is -0.469 e. The van der Waals surface area contributed by atoms with Crippen molar-refractivity contribution < 1.29 is 9.15 Å². The van der Waals surface area contributed by atoms with Crippen molar-refractivity contribution in [3.05, 3.63) is 60.2 Å². The second-order valence-electron chi connectivity index (χ2n) is 6.02. The molecule has 0 radical (unpaired) electrons. The number of ether oxygens (including phenoxy) is 1. The molecule has 0 spiro atoms. The van der Waals surface area contributed by atoms with Crippen molar-refractivity contribution >= 4 is 16.9 Å². The molecule has 0 saturated carbocycles. The van der Waals surface area contributed by atoms with Gasteiger partial charge < -0.3 is 24.8 Å². The van der Waals surface area contributed by atoms with Crippen LogP contribution < -0.4 is 10.6 Å². The normalized spacial score (nSPS) is 11.8. The first kappa shape index (κ1) is 18.1. The van der Waals surface area contributed by atoms with Gasteiger partial charge >= 0.3 is 0 Å². The average molecular weight is 354 g/mol. The molecular weight excluding hydrogens is 328 g/mol. The Morgan fingerprint density at radius 1 is 1.12 bits per heavy atom. The van der Waals surface area contributed by atoms with E-state index in [4.69, 9.17) is 9.15 Å². The van der Waals surface area contributed by atoms with Crippen molar-refractivity contribution in [2.24, 2.45) is 4.99 Å². The number of hydrogen-bond acceptors (Lipinski definition) is 3. The summed E-state index contributed by atoms with van der Waals surface area (Å²) in [5.74, 6) is 1.76. The van der Waals surface area contributed by atoms with Crippen molar-refractivity contribution in [1.82, 2.24) is 15.6 Å². The molecule has 3 rings (SSSR count). The summed E-state index contributed by atoms with van der Waals surface area (Å²) in [4.78, 5) is 7.86. The lowest BCUT2D eigenvalue weighted by Gasteiger charge is -2.12. The van der Waals surface area contributed by atoms with Gasteiger partial charge in [-0.25, -0.2) is 0 Å². The SMILES string of the molecule is COCCN=C(NCCc1ccco1)NCCc1c[nH]c2ccccc12. The van der Waals surface area contributed by atoms with Gasteiger partial charge in [0.05, 0.1) is 19.4 Å². The zero-order valence-corrected chi connectivity index (χ0v) is 15.1. The van der Waals surface area contributed by atoms with Crippen LogP contribution in [0.5, 0.6) is 0 Å². The standard InChI is InChI=1S/C20H26N4O2/c1-25-14-12-23-20(22-11-9-17-5-4-13-26-17)21-10-8-16-15-24-19-7-3-2-6-18(16)19/h2-7,13,15,24H,8-12,14H2,1H3,(H2,21,22,23). The molecule has 6 heteroatoms. The van der Waals surface area contributed by atoms with Gasteiger partial charge in [-0.2, -0.15) is 0 Å². The van der Waals surface area contributed by atoms with Gasteiger partial charge in [0.2, 0.25) is 0 Å². The number of methoxy groups -OCH3 is 1. The van der Waals surface area contributed by atoms with Gasteiger partial charge in [0.25, 0.3) is 0 Å². The molecule has 0 aliphatic rings. The van der Waals surface area contributed by atoms with E-state index < -0.39 is 0 Å². The van der Waals surface area contributed by atoms with E-state index in [0.717, 1.165) is 37.7 Å². The molecule has 3 aromatic rings. The average Bonchev–Trinajstić information content (AvgIpc) is 3.32. The third kappa shape index (κ3) is 5.13. The molecule has 6 nitrogen and oxygen atoms in total. The van der Waals surface area contributed by atoms with Crippen molar-refractivity contribution in [3.8, 4) is 0 Å². The third-order valence-corrected chi connectivity index (χ3v) is 4.17. The summed E-state index contributed by atoms with van der Waals surface area (Å²) in [7, 11) is 1.68. The quantitative estimate of drug-likeness (QED) is 0.314. The lowest BCUT2D eigenvalue weighted by Crippen LogP contribution is -2.39. The number of aromatic amines is 1. The summed E-state index contributed by atoms with van der Waals surface area (Å²) < 4.78 is 10.4. The monoisotopic (exact) mass is 354 g/mol. The highest BCUT2D eigenvalue weighted by atomic mass is 16.5. The van der Waals surface area contributed by atoms with Crippen molar-refractivity contribution in [3.63, 3.8) is 0 Å². The van der Waals surface area contributed by atoms with Crippen LogP contribution in [0.3, 0.4) is 0 Å². The predicted octanol–water partition coefficient (Wildman–Crippen LogP) is 2.73. The number of furan rings is 1. The Hall–Kier alpha value is -2.73. The van der Waals surface area contributed by atoms with Gasteiger partial charge in [0, 0.05) is 43.7 Å². The number of rotatable bonds is 9. The summed E-state index contributed by atoms with van der Waals surface area (Å²) in [6.45, 7) is 2.80. The Balaban J connectivity index is 1.50.